The summed E-state index contributed by atoms with van der Waals surface area (Å²) >= 11 is 0. The van der Waals surface area contributed by atoms with E-state index in [1.165, 1.54) is 0 Å². The Labute approximate surface area is 205 Å². The molecular formula is C28H33N3O4. The summed E-state index contributed by atoms with van der Waals surface area (Å²) < 4.78 is 14.6. The van der Waals surface area contributed by atoms with Gasteiger partial charge in [-0.05, 0) is 61.9 Å². The van der Waals surface area contributed by atoms with Gasteiger partial charge in [0.1, 0.15) is 5.75 Å². The van der Waals surface area contributed by atoms with E-state index < -0.39 is 0 Å². The standard InChI is InChI=1S/C28H33N3O4/c1-34-23-12-8-21(9-13-23)27(32)29-17-16-25-26(19-29)30(18-20-6-4-3-5-7-20)31(28(25)33)22-10-14-24(35-2)15-11-22/h3-7,10-11,14-15,21,23H,8-9,12-13,16-19H2,1-2H3. The van der Waals surface area contributed by atoms with E-state index in [9.17, 15) is 9.59 Å². The summed E-state index contributed by atoms with van der Waals surface area (Å²) in [5.74, 6) is 0.995. The molecule has 5 rings (SSSR count). The van der Waals surface area contributed by atoms with Crippen LogP contribution >= 0.6 is 0 Å². The maximum Gasteiger partial charge on any atom is 0.275 e. The number of ether oxygens (including phenoxy) is 2. The van der Waals surface area contributed by atoms with Crippen molar-refractivity contribution in [3.8, 4) is 11.4 Å². The van der Waals surface area contributed by atoms with Crippen LogP contribution in [-0.2, 0) is 29.0 Å². The van der Waals surface area contributed by atoms with Gasteiger partial charge in [0.2, 0.25) is 5.91 Å². The third-order valence-electron chi connectivity index (χ3n) is 7.48. The summed E-state index contributed by atoms with van der Waals surface area (Å²) in [6.45, 7) is 1.60. The van der Waals surface area contributed by atoms with Crippen molar-refractivity contribution in [2.45, 2.75) is 51.3 Å². The van der Waals surface area contributed by atoms with Gasteiger partial charge in [-0.15, -0.1) is 0 Å². The first kappa shape index (κ1) is 23.4. The highest BCUT2D eigenvalue weighted by Gasteiger charge is 2.34. The predicted molar refractivity (Wildman–Crippen MR) is 134 cm³/mol. The summed E-state index contributed by atoms with van der Waals surface area (Å²) in [5.41, 5.74) is 3.63. The quantitative estimate of drug-likeness (QED) is 0.544. The molecular weight excluding hydrogens is 442 g/mol. The van der Waals surface area contributed by atoms with Crippen molar-refractivity contribution in [1.29, 1.82) is 0 Å². The lowest BCUT2D eigenvalue weighted by molar-refractivity contribution is -0.138. The minimum absolute atomic E-state index is 0.00574. The van der Waals surface area contributed by atoms with Crippen molar-refractivity contribution >= 4 is 5.91 Å². The molecule has 0 N–H and O–H groups in total. The number of hydrogen-bond donors (Lipinski definition) is 0. The summed E-state index contributed by atoms with van der Waals surface area (Å²) in [4.78, 5) is 29.0. The van der Waals surface area contributed by atoms with Crippen LogP contribution in [0.1, 0.15) is 42.5 Å². The van der Waals surface area contributed by atoms with Crippen LogP contribution in [0.3, 0.4) is 0 Å². The molecule has 0 radical (unpaired) electrons. The van der Waals surface area contributed by atoms with Gasteiger partial charge in [-0.1, -0.05) is 30.3 Å². The minimum Gasteiger partial charge on any atom is -0.497 e. The zero-order chi connectivity index (χ0) is 24.4. The van der Waals surface area contributed by atoms with Gasteiger partial charge in [-0.2, -0.15) is 0 Å². The second kappa shape index (κ2) is 10.1. The lowest BCUT2D eigenvalue weighted by Crippen LogP contribution is -2.42. The normalized spacial score (nSPS) is 19.9. The lowest BCUT2D eigenvalue weighted by atomic mass is 9.86. The SMILES string of the molecule is COc1ccc(-n2c(=O)c3c(n2Cc2ccccc2)CN(C(=O)C2CCC(OC)CC2)CC3)cc1. The van der Waals surface area contributed by atoms with Crippen LogP contribution < -0.4 is 10.3 Å². The molecule has 2 heterocycles. The Morgan fingerprint density at radius 1 is 0.971 bits per heavy atom. The molecule has 1 amide bonds. The third-order valence-corrected chi connectivity index (χ3v) is 7.48. The highest BCUT2D eigenvalue weighted by atomic mass is 16.5. The number of carbonyl (C=O) groups is 1. The molecule has 0 atom stereocenters. The fourth-order valence-corrected chi connectivity index (χ4v) is 5.47. The molecule has 3 aromatic rings. The molecule has 7 heteroatoms. The lowest BCUT2D eigenvalue weighted by Gasteiger charge is -2.34. The number of hydrogen-bond acceptors (Lipinski definition) is 4. The molecule has 0 bridgehead atoms. The van der Waals surface area contributed by atoms with Crippen molar-refractivity contribution in [1.82, 2.24) is 14.3 Å². The van der Waals surface area contributed by atoms with E-state index in [1.54, 1.807) is 18.9 Å². The molecule has 1 aromatic heterocycles. The molecule has 1 aliphatic heterocycles. The molecule has 0 spiro atoms. The molecule has 1 aliphatic carbocycles. The van der Waals surface area contributed by atoms with E-state index in [-0.39, 0.29) is 23.5 Å². The maximum absolute atomic E-state index is 13.6. The monoisotopic (exact) mass is 475 g/mol. The summed E-state index contributed by atoms with van der Waals surface area (Å²) in [6, 6.07) is 17.7. The summed E-state index contributed by atoms with van der Waals surface area (Å²) in [7, 11) is 3.38. The fourth-order valence-electron chi connectivity index (χ4n) is 5.47. The van der Waals surface area contributed by atoms with Crippen molar-refractivity contribution in [3.63, 3.8) is 0 Å². The highest BCUT2D eigenvalue weighted by Crippen LogP contribution is 2.30. The Balaban J connectivity index is 1.49. The van der Waals surface area contributed by atoms with Gasteiger partial charge < -0.3 is 14.4 Å². The van der Waals surface area contributed by atoms with Crippen LogP contribution in [-0.4, -0.2) is 47.0 Å². The van der Waals surface area contributed by atoms with E-state index in [2.05, 4.69) is 16.8 Å². The molecule has 184 valence electrons. The van der Waals surface area contributed by atoms with E-state index in [0.29, 0.717) is 26.1 Å². The Bertz CT molecular complexity index is 1220. The topological polar surface area (TPSA) is 65.7 Å². The Morgan fingerprint density at radius 3 is 2.34 bits per heavy atom. The van der Waals surface area contributed by atoms with Gasteiger partial charge in [-0.3, -0.25) is 14.3 Å². The zero-order valence-electron chi connectivity index (χ0n) is 20.5. The summed E-state index contributed by atoms with van der Waals surface area (Å²) in [5, 5.41) is 0. The number of aromatic nitrogens is 2. The van der Waals surface area contributed by atoms with Crippen LogP contribution in [0.15, 0.2) is 59.4 Å². The van der Waals surface area contributed by atoms with Crippen LogP contribution in [0.2, 0.25) is 0 Å². The second-order valence-electron chi connectivity index (χ2n) is 9.50. The largest absolute Gasteiger partial charge is 0.497 e. The third kappa shape index (κ3) is 4.65. The number of carbonyl (C=O) groups excluding carboxylic acids is 1. The maximum atomic E-state index is 13.6. The molecule has 1 fully saturated rings. The van der Waals surface area contributed by atoms with Crippen molar-refractivity contribution in [3.05, 3.63) is 81.8 Å². The minimum atomic E-state index is -0.00574. The smallest absolute Gasteiger partial charge is 0.275 e. The summed E-state index contributed by atoms with van der Waals surface area (Å²) in [6.07, 6.45) is 4.43. The van der Waals surface area contributed by atoms with Crippen LogP contribution in [0.4, 0.5) is 0 Å². The number of methoxy groups -OCH3 is 2. The van der Waals surface area contributed by atoms with E-state index in [0.717, 1.165) is 53.9 Å². The Hall–Kier alpha value is -3.32. The fraction of sp³-hybridized carbons (Fsp3) is 0.429. The number of nitrogens with zero attached hydrogens (tertiary/aromatic N) is 3. The highest BCUT2D eigenvalue weighted by molar-refractivity contribution is 5.79. The number of fused-ring (bicyclic) bond motifs is 1. The first-order chi connectivity index (χ1) is 17.1. The zero-order valence-corrected chi connectivity index (χ0v) is 20.5. The first-order valence-electron chi connectivity index (χ1n) is 12.4. The van der Waals surface area contributed by atoms with Gasteiger partial charge in [-0.25, -0.2) is 4.68 Å². The van der Waals surface area contributed by atoms with E-state index in [1.807, 2.05) is 47.4 Å². The molecule has 2 aliphatic rings. The van der Waals surface area contributed by atoms with Crippen LogP contribution in [0, 0.1) is 5.92 Å². The second-order valence-corrected chi connectivity index (χ2v) is 9.50. The predicted octanol–water partition coefficient (Wildman–Crippen LogP) is 3.79. The van der Waals surface area contributed by atoms with Gasteiger partial charge in [0.05, 0.1) is 37.7 Å². The molecule has 35 heavy (non-hydrogen) atoms. The molecule has 7 nitrogen and oxygen atoms in total. The van der Waals surface area contributed by atoms with Crippen molar-refractivity contribution in [2.75, 3.05) is 20.8 Å². The van der Waals surface area contributed by atoms with Crippen molar-refractivity contribution in [2.24, 2.45) is 5.92 Å². The van der Waals surface area contributed by atoms with Gasteiger partial charge in [0.15, 0.2) is 0 Å². The number of benzene rings is 2. The van der Waals surface area contributed by atoms with E-state index in [4.69, 9.17) is 9.47 Å². The van der Waals surface area contributed by atoms with Gasteiger partial charge in [0.25, 0.3) is 5.56 Å². The average molecular weight is 476 g/mol. The van der Waals surface area contributed by atoms with Gasteiger partial charge >= 0.3 is 0 Å². The van der Waals surface area contributed by atoms with E-state index >= 15 is 0 Å². The van der Waals surface area contributed by atoms with Crippen molar-refractivity contribution < 1.29 is 14.3 Å². The number of amides is 1. The van der Waals surface area contributed by atoms with Crippen LogP contribution in [0.25, 0.3) is 5.69 Å². The molecule has 1 saturated carbocycles. The Kier molecular flexibility index (Phi) is 6.77. The van der Waals surface area contributed by atoms with Gasteiger partial charge in [0, 0.05) is 25.1 Å². The Morgan fingerprint density at radius 2 is 1.69 bits per heavy atom. The van der Waals surface area contributed by atoms with Crippen LogP contribution in [0.5, 0.6) is 5.75 Å². The number of rotatable bonds is 6. The first-order valence-corrected chi connectivity index (χ1v) is 12.4. The molecule has 2 aromatic carbocycles. The average Bonchev–Trinajstić information content (AvgIpc) is 3.19. The molecule has 0 saturated heterocycles. The molecule has 0 unspecified atom stereocenters.